The van der Waals surface area contributed by atoms with Crippen molar-refractivity contribution in [1.82, 2.24) is 15.5 Å². The number of nitrogens with zero attached hydrogens (tertiary/aromatic N) is 1. The first-order valence-electron chi connectivity index (χ1n) is 7.79. The Labute approximate surface area is 122 Å². The maximum Gasteiger partial charge on any atom is 0.239 e. The number of nitrogens with one attached hydrogen (secondary N) is 2. The molecule has 1 fully saturated rings. The highest BCUT2D eigenvalue weighted by Crippen LogP contribution is 2.09. The summed E-state index contributed by atoms with van der Waals surface area (Å²) in [7, 11) is 0. The Hall–Kier alpha value is -1.10. The number of hydrogen-bond acceptors (Lipinski definition) is 3. The predicted octanol–water partition coefficient (Wildman–Crippen LogP) is 1.14. The minimum absolute atomic E-state index is 0.0380. The first kappa shape index (κ1) is 17.0. The van der Waals surface area contributed by atoms with E-state index < -0.39 is 0 Å². The molecule has 0 aliphatic carbocycles. The molecule has 5 nitrogen and oxygen atoms in total. The third kappa shape index (κ3) is 6.37. The minimum Gasteiger partial charge on any atom is -0.355 e. The van der Waals surface area contributed by atoms with E-state index >= 15 is 0 Å². The third-order valence-corrected chi connectivity index (χ3v) is 3.65. The molecule has 0 spiro atoms. The van der Waals surface area contributed by atoms with Crippen molar-refractivity contribution < 1.29 is 9.59 Å². The molecule has 0 aromatic rings. The topological polar surface area (TPSA) is 61.4 Å². The van der Waals surface area contributed by atoms with Crippen LogP contribution < -0.4 is 10.6 Å². The van der Waals surface area contributed by atoms with Crippen molar-refractivity contribution in [2.45, 2.75) is 52.5 Å². The molecule has 2 amide bonds. The Kier molecular flexibility index (Phi) is 7.59. The van der Waals surface area contributed by atoms with E-state index in [4.69, 9.17) is 0 Å². The number of piperidine rings is 1. The highest BCUT2D eigenvalue weighted by Gasteiger charge is 2.22. The van der Waals surface area contributed by atoms with E-state index in [1.54, 1.807) is 0 Å². The Morgan fingerprint density at radius 1 is 1.10 bits per heavy atom. The number of likely N-dealkylation sites (tertiary alicyclic amines) is 1. The summed E-state index contributed by atoms with van der Waals surface area (Å²) in [6, 6.07) is -0.288. The second kappa shape index (κ2) is 8.95. The monoisotopic (exact) mass is 283 g/mol. The van der Waals surface area contributed by atoms with E-state index in [1.807, 2.05) is 11.8 Å². The summed E-state index contributed by atoms with van der Waals surface area (Å²) in [6.07, 6.45) is 4.38. The molecule has 1 rings (SSSR count). The lowest BCUT2D eigenvalue weighted by Gasteiger charge is -2.29. The molecule has 5 heteroatoms. The van der Waals surface area contributed by atoms with Gasteiger partial charge in [-0.25, -0.2) is 0 Å². The normalized spacial score (nSPS) is 17.1. The van der Waals surface area contributed by atoms with Gasteiger partial charge in [-0.05, 0) is 38.5 Å². The summed E-state index contributed by atoms with van der Waals surface area (Å²) in [5, 5.41) is 5.88. The van der Waals surface area contributed by atoms with Crippen LogP contribution in [0.4, 0.5) is 0 Å². The van der Waals surface area contributed by atoms with Crippen LogP contribution in [0.3, 0.4) is 0 Å². The highest BCUT2D eigenvalue weighted by molar-refractivity contribution is 5.83. The van der Waals surface area contributed by atoms with Gasteiger partial charge in [-0.15, -0.1) is 0 Å². The zero-order valence-electron chi connectivity index (χ0n) is 13.1. The lowest BCUT2D eigenvalue weighted by Crippen LogP contribution is -2.49. The Morgan fingerprint density at radius 2 is 1.75 bits per heavy atom. The van der Waals surface area contributed by atoms with Crippen molar-refractivity contribution in [2.75, 3.05) is 26.2 Å². The fraction of sp³-hybridized carbons (Fsp3) is 0.867. The SMILES string of the molecule is CC(C)CCNC(=O)CNC(C)C(=O)N1CCCCC1. The van der Waals surface area contributed by atoms with E-state index in [1.165, 1.54) is 6.42 Å². The first-order chi connectivity index (χ1) is 9.50. The molecular weight excluding hydrogens is 254 g/mol. The van der Waals surface area contributed by atoms with Crippen LogP contribution in [-0.2, 0) is 9.59 Å². The van der Waals surface area contributed by atoms with Gasteiger partial charge in [-0.2, -0.15) is 0 Å². The molecule has 0 aromatic heterocycles. The molecule has 0 aromatic carbocycles. The van der Waals surface area contributed by atoms with Crippen molar-refractivity contribution in [3.05, 3.63) is 0 Å². The zero-order chi connectivity index (χ0) is 15.0. The molecule has 1 unspecified atom stereocenters. The fourth-order valence-corrected chi connectivity index (χ4v) is 2.28. The van der Waals surface area contributed by atoms with Crippen LogP contribution >= 0.6 is 0 Å². The molecule has 2 N–H and O–H groups in total. The Bertz CT molecular complexity index is 312. The summed E-state index contributed by atoms with van der Waals surface area (Å²) in [5.74, 6) is 0.659. The average Bonchev–Trinajstić information content (AvgIpc) is 2.44. The van der Waals surface area contributed by atoms with E-state index in [9.17, 15) is 9.59 Å². The van der Waals surface area contributed by atoms with Gasteiger partial charge >= 0.3 is 0 Å². The quantitative estimate of drug-likeness (QED) is 0.736. The lowest BCUT2D eigenvalue weighted by atomic mass is 10.1. The van der Waals surface area contributed by atoms with Gasteiger partial charge in [0, 0.05) is 19.6 Å². The van der Waals surface area contributed by atoms with Crippen LogP contribution in [0.15, 0.2) is 0 Å². The largest absolute Gasteiger partial charge is 0.355 e. The Balaban J connectivity index is 2.19. The zero-order valence-corrected chi connectivity index (χ0v) is 13.1. The van der Waals surface area contributed by atoms with E-state index in [-0.39, 0.29) is 24.4 Å². The molecule has 1 aliphatic heterocycles. The van der Waals surface area contributed by atoms with Crippen LogP contribution in [0, 0.1) is 5.92 Å². The molecule has 1 heterocycles. The van der Waals surface area contributed by atoms with Crippen LogP contribution in [-0.4, -0.2) is 48.9 Å². The second-order valence-corrected chi connectivity index (χ2v) is 6.02. The molecule has 1 saturated heterocycles. The molecule has 1 atom stereocenters. The van der Waals surface area contributed by atoms with Gasteiger partial charge in [0.2, 0.25) is 11.8 Å². The smallest absolute Gasteiger partial charge is 0.239 e. The van der Waals surface area contributed by atoms with Crippen molar-refractivity contribution in [2.24, 2.45) is 5.92 Å². The number of carbonyl (C=O) groups excluding carboxylic acids is 2. The number of hydrogen-bond donors (Lipinski definition) is 2. The van der Waals surface area contributed by atoms with E-state index in [0.29, 0.717) is 12.5 Å². The molecule has 20 heavy (non-hydrogen) atoms. The van der Waals surface area contributed by atoms with Crippen LogP contribution in [0.2, 0.25) is 0 Å². The van der Waals surface area contributed by atoms with Crippen molar-refractivity contribution >= 4 is 11.8 Å². The van der Waals surface area contributed by atoms with Gasteiger partial charge in [0.05, 0.1) is 12.6 Å². The van der Waals surface area contributed by atoms with Gasteiger partial charge in [-0.3, -0.25) is 14.9 Å². The third-order valence-electron chi connectivity index (χ3n) is 3.65. The van der Waals surface area contributed by atoms with Gasteiger partial charge in [-0.1, -0.05) is 13.8 Å². The summed E-state index contributed by atoms with van der Waals surface area (Å²) in [4.78, 5) is 25.7. The molecule has 0 radical (unpaired) electrons. The summed E-state index contributed by atoms with van der Waals surface area (Å²) in [5.41, 5.74) is 0. The van der Waals surface area contributed by atoms with Crippen molar-refractivity contribution in [3.63, 3.8) is 0 Å². The highest BCUT2D eigenvalue weighted by atomic mass is 16.2. The van der Waals surface area contributed by atoms with Crippen LogP contribution in [0.5, 0.6) is 0 Å². The number of carbonyl (C=O) groups is 2. The first-order valence-corrected chi connectivity index (χ1v) is 7.79. The average molecular weight is 283 g/mol. The summed E-state index contributed by atoms with van der Waals surface area (Å²) < 4.78 is 0. The number of rotatable bonds is 7. The molecule has 1 aliphatic rings. The summed E-state index contributed by atoms with van der Waals surface area (Å²) >= 11 is 0. The second-order valence-electron chi connectivity index (χ2n) is 6.02. The lowest BCUT2D eigenvalue weighted by molar-refractivity contribution is -0.134. The van der Waals surface area contributed by atoms with E-state index in [2.05, 4.69) is 24.5 Å². The Morgan fingerprint density at radius 3 is 2.35 bits per heavy atom. The van der Waals surface area contributed by atoms with Crippen molar-refractivity contribution in [1.29, 1.82) is 0 Å². The molecular formula is C15H29N3O2. The van der Waals surface area contributed by atoms with Gasteiger partial charge in [0.1, 0.15) is 0 Å². The van der Waals surface area contributed by atoms with Gasteiger partial charge in [0.15, 0.2) is 0 Å². The molecule has 0 saturated carbocycles. The molecule has 0 bridgehead atoms. The molecule has 116 valence electrons. The van der Waals surface area contributed by atoms with Crippen LogP contribution in [0.25, 0.3) is 0 Å². The van der Waals surface area contributed by atoms with E-state index in [0.717, 1.165) is 32.4 Å². The predicted molar refractivity (Wildman–Crippen MR) is 80.4 cm³/mol. The number of amides is 2. The summed E-state index contributed by atoms with van der Waals surface area (Å²) in [6.45, 7) is 8.70. The van der Waals surface area contributed by atoms with Gasteiger partial charge in [0.25, 0.3) is 0 Å². The van der Waals surface area contributed by atoms with Crippen molar-refractivity contribution in [3.8, 4) is 0 Å². The fourth-order valence-electron chi connectivity index (χ4n) is 2.28. The maximum absolute atomic E-state index is 12.1. The van der Waals surface area contributed by atoms with Gasteiger partial charge < -0.3 is 10.2 Å². The standard InChI is InChI=1S/C15H29N3O2/c1-12(2)7-8-16-14(19)11-17-13(3)15(20)18-9-5-4-6-10-18/h12-13,17H,4-11H2,1-3H3,(H,16,19). The van der Waals surface area contributed by atoms with Crippen LogP contribution in [0.1, 0.15) is 46.5 Å². The minimum atomic E-state index is -0.288. The maximum atomic E-state index is 12.1.